The van der Waals surface area contributed by atoms with Gasteiger partial charge in [-0.15, -0.1) is 11.8 Å². The van der Waals surface area contributed by atoms with Crippen molar-refractivity contribution in [2.75, 3.05) is 18.9 Å². The highest BCUT2D eigenvalue weighted by molar-refractivity contribution is 7.99. The van der Waals surface area contributed by atoms with Crippen LogP contribution >= 0.6 is 11.8 Å². The maximum atomic E-state index is 13.2. The molecule has 0 aromatic carbocycles. The third-order valence-electron chi connectivity index (χ3n) is 9.26. The SMILES string of the molecule is CCCCCCCCCCCCCCNC(=O)[C@H](CS[C@@H]1O[C@H](CO)[C@H](O)[C@H](O)[C@H]1O)NC(=O)CCCCCCCCCCCCC. The minimum Gasteiger partial charge on any atom is -0.394 e. The predicted octanol–water partition coefficient (Wildman–Crippen LogP) is 6.52. The summed E-state index contributed by atoms with van der Waals surface area (Å²) in [5.74, 6) is -0.338. The molecular formula is C37H72N2O7S. The average Bonchev–Trinajstić information content (AvgIpc) is 3.07. The molecule has 1 fully saturated rings. The van der Waals surface area contributed by atoms with Gasteiger partial charge in [0.15, 0.2) is 0 Å². The highest BCUT2D eigenvalue weighted by Gasteiger charge is 2.44. The Morgan fingerprint density at radius 2 is 1.09 bits per heavy atom. The van der Waals surface area contributed by atoms with Crippen LogP contribution in [0.3, 0.4) is 0 Å². The van der Waals surface area contributed by atoms with E-state index in [1.807, 2.05) is 0 Å². The lowest BCUT2D eigenvalue weighted by molar-refractivity contribution is -0.205. The van der Waals surface area contributed by atoms with Crippen LogP contribution in [-0.2, 0) is 14.3 Å². The quantitative estimate of drug-likeness (QED) is 0.0451. The second kappa shape index (κ2) is 30.0. The summed E-state index contributed by atoms with van der Waals surface area (Å²) in [7, 11) is 0. The van der Waals surface area contributed by atoms with Crippen LogP contribution in [0.2, 0.25) is 0 Å². The van der Waals surface area contributed by atoms with Crippen molar-refractivity contribution in [2.45, 2.75) is 204 Å². The molecule has 47 heavy (non-hydrogen) atoms. The molecule has 1 heterocycles. The second-order valence-electron chi connectivity index (χ2n) is 13.6. The van der Waals surface area contributed by atoms with Gasteiger partial charge in [0.05, 0.1) is 6.61 Å². The van der Waals surface area contributed by atoms with Crippen LogP contribution in [0.15, 0.2) is 0 Å². The lowest BCUT2D eigenvalue weighted by Crippen LogP contribution is -2.58. The fourth-order valence-electron chi connectivity index (χ4n) is 6.10. The van der Waals surface area contributed by atoms with Gasteiger partial charge in [-0.25, -0.2) is 0 Å². The van der Waals surface area contributed by atoms with Crippen molar-refractivity contribution < 1.29 is 34.8 Å². The monoisotopic (exact) mass is 689 g/mol. The number of aliphatic hydroxyl groups excluding tert-OH is 4. The Kier molecular flexibility index (Phi) is 28.1. The summed E-state index contributed by atoms with van der Waals surface area (Å²) in [5, 5.41) is 46.0. The van der Waals surface area contributed by atoms with Crippen LogP contribution in [-0.4, -0.2) is 87.0 Å². The number of unbranched alkanes of at least 4 members (excludes halogenated alkanes) is 21. The summed E-state index contributed by atoms with van der Waals surface area (Å²) in [4.78, 5) is 26.0. The normalized spacial score (nSPS) is 21.9. The first-order valence-electron chi connectivity index (χ1n) is 19.3. The van der Waals surface area contributed by atoms with Gasteiger partial charge in [0.25, 0.3) is 0 Å². The minimum atomic E-state index is -1.48. The number of carbonyl (C=O) groups excluding carboxylic acids is 2. The number of hydrogen-bond acceptors (Lipinski definition) is 8. The van der Waals surface area contributed by atoms with Crippen molar-refractivity contribution in [1.29, 1.82) is 0 Å². The summed E-state index contributed by atoms with van der Waals surface area (Å²) in [6, 6.07) is -0.829. The maximum absolute atomic E-state index is 13.2. The molecule has 0 unspecified atom stereocenters. The Morgan fingerprint density at radius 1 is 0.638 bits per heavy atom. The maximum Gasteiger partial charge on any atom is 0.243 e. The third kappa shape index (κ3) is 21.7. The van der Waals surface area contributed by atoms with Crippen LogP contribution in [0.4, 0.5) is 0 Å². The molecule has 9 nitrogen and oxygen atoms in total. The molecule has 6 atom stereocenters. The van der Waals surface area contributed by atoms with E-state index in [-0.39, 0.29) is 17.6 Å². The Labute approximate surface area is 291 Å². The lowest BCUT2D eigenvalue weighted by atomic mass is 10.0. The summed E-state index contributed by atoms with van der Waals surface area (Å²) in [5.41, 5.74) is -0.958. The molecule has 1 rings (SSSR count). The van der Waals surface area contributed by atoms with Crippen molar-refractivity contribution >= 4 is 23.6 Å². The van der Waals surface area contributed by atoms with Gasteiger partial charge in [0, 0.05) is 18.7 Å². The van der Waals surface area contributed by atoms with E-state index < -0.39 is 42.5 Å². The highest BCUT2D eigenvalue weighted by Crippen LogP contribution is 2.29. The molecule has 0 radical (unpaired) electrons. The molecule has 0 aromatic rings. The number of ether oxygens (including phenoxy) is 1. The topological polar surface area (TPSA) is 148 Å². The zero-order valence-corrected chi connectivity index (χ0v) is 30.8. The fraction of sp³-hybridized carbons (Fsp3) is 0.946. The van der Waals surface area contributed by atoms with Gasteiger partial charge in [0.2, 0.25) is 11.8 Å². The first-order valence-corrected chi connectivity index (χ1v) is 20.4. The summed E-state index contributed by atoms with van der Waals surface area (Å²) in [6.07, 6.45) is 23.1. The molecule has 278 valence electrons. The number of nitrogens with one attached hydrogen (secondary N) is 2. The number of thioether (sulfide) groups is 1. The second-order valence-corrected chi connectivity index (χ2v) is 14.7. The van der Waals surface area contributed by atoms with Gasteiger partial charge < -0.3 is 35.8 Å². The van der Waals surface area contributed by atoms with E-state index in [9.17, 15) is 30.0 Å². The smallest absolute Gasteiger partial charge is 0.243 e. The zero-order valence-electron chi connectivity index (χ0n) is 30.0. The summed E-state index contributed by atoms with van der Waals surface area (Å²) >= 11 is 1.09. The zero-order chi connectivity index (χ0) is 34.5. The van der Waals surface area contributed by atoms with E-state index in [2.05, 4.69) is 24.5 Å². The van der Waals surface area contributed by atoms with Crippen molar-refractivity contribution in [3.63, 3.8) is 0 Å². The van der Waals surface area contributed by atoms with Crippen LogP contribution in [0.1, 0.15) is 168 Å². The van der Waals surface area contributed by atoms with Crippen LogP contribution in [0.5, 0.6) is 0 Å². The molecule has 1 aliphatic heterocycles. The Balaban J connectivity index is 2.41. The number of carbonyl (C=O) groups is 2. The third-order valence-corrected chi connectivity index (χ3v) is 10.5. The van der Waals surface area contributed by atoms with Gasteiger partial charge in [-0.05, 0) is 12.8 Å². The molecule has 0 aromatic heterocycles. The number of rotatable bonds is 31. The first kappa shape index (κ1) is 44.1. The number of aliphatic hydroxyl groups is 4. The Bertz CT molecular complexity index is 760. The lowest BCUT2D eigenvalue weighted by Gasteiger charge is -2.40. The van der Waals surface area contributed by atoms with Crippen LogP contribution in [0, 0.1) is 0 Å². The first-order chi connectivity index (χ1) is 22.8. The Hall–Kier alpha value is -0.910. The van der Waals surface area contributed by atoms with E-state index in [4.69, 9.17) is 4.74 Å². The molecule has 0 spiro atoms. The number of hydrogen-bond donors (Lipinski definition) is 6. The van der Waals surface area contributed by atoms with Crippen LogP contribution < -0.4 is 10.6 Å². The molecule has 0 saturated carbocycles. The highest BCUT2D eigenvalue weighted by atomic mass is 32.2. The van der Waals surface area contributed by atoms with E-state index in [0.29, 0.717) is 13.0 Å². The van der Waals surface area contributed by atoms with Gasteiger partial charge in [0.1, 0.15) is 35.9 Å². The summed E-state index contributed by atoms with van der Waals surface area (Å²) in [6.45, 7) is 4.50. The Morgan fingerprint density at radius 3 is 1.55 bits per heavy atom. The van der Waals surface area contributed by atoms with E-state index in [1.54, 1.807) is 0 Å². The number of amides is 2. The molecular weight excluding hydrogens is 616 g/mol. The van der Waals surface area contributed by atoms with Gasteiger partial charge >= 0.3 is 0 Å². The largest absolute Gasteiger partial charge is 0.394 e. The molecule has 1 aliphatic rings. The van der Waals surface area contributed by atoms with E-state index in [1.165, 1.54) is 109 Å². The van der Waals surface area contributed by atoms with E-state index >= 15 is 0 Å². The minimum absolute atomic E-state index is 0.122. The van der Waals surface area contributed by atoms with Gasteiger partial charge in [-0.3, -0.25) is 9.59 Å². The molecule has 10 heteroatoms. The standard InChI is InChI=1S/C37H72N2O7S/c1-3-5-7-9-11-13-15-17-19-21-23-25-27-38-36(45)30(29-47-37-35(44)34(43)33(42)31(28-40)46-37)39-32(41)26-24-22-20-18-16-14-12-10-8-6-4-2/h30-31,33-35,37,40,42-44H,3-29H2,1-2H3,(H,38,45)(H,39,41)/t30-,31+,33-,34-,35+,37-/m0/s1. The molecule has 0 aliphatic carbocycles. The van der Waals surface area contributed by atoms with Gasteiger partial charge in [-0.2, -0.15) is 0 Å². The van der Waals surface area contributed by atoms with E-state index in [0.717, 1.165) is 50.3 Å². The molecule has 0 bridgehead atoms. The van der Waals surface area contributed by atoms with Crippen molar-refractivity contribution in [3.05, 3.63) is 0 Å². The average molecular weight is 689 g/mol. The van der Waals surface area contributed by atoms with Crippen molar-refractivity contribution in [2.24, 2.45) is 0 Å². The molecule has 6 N–H and O–H groups in total. The molecule has 1 saturated heterocycles. The van der Waals surface area contributed by atoms with Crippen molar-refractivity contribution in [1.82, 2.24) is 10.6 Å². The molecule has 2 amide bonds. The van der Waals surface area contributed by atoms with Crippen LogP contribution in [0.25, 0.3) is 0 Å². The van der Waals surface area contributed by atoms with Gasteiger partial charge in [-0.1, -0.05) is 149 Å². The fourth-order valence-corrected chi connectivity index (χ4v) is 7.29. The predicted molar refractivity (Wildman–Crippen MR) is 193 cm³/mol. The van der Waals surface area contributed by atoms with Crippen molar-refractivity contribution in [3.8, 4) is 0 Å². The summed E-state index contributed by atoms with van der Waals surface area (Å²) < 4.78 is 5.60.